The van der Waals surface area contributed by atoms with E-state index >= 15 is 0 Å². The standard InChI is InChI=1S/C17H19N3O8S3/c1-2-28-15-8-5-13(20-17(21)9-10-29(20,22)23)11-16(15)31(26,27)19-12-3-6-14(7-4-12)30(18,24)25/h3-8,11,19H,2,9-10H2,1H3,(H2,18,24,25). The van der Waals surface area contributed by atoms with E-state index in [0.717, 1.165) is 18.2 Å². The number of nitrogens with two attached hydrogens (primary N) is 1. The fourth-order valence-corrected chi connectivity index (χ4v) is 6.09. The number of nitrogens with zero attached hydrogens (tertiary/aromatic N) is 1. The summed E-state index contributed by atoms with van der Waals surface area (Å²) in [7, 11) is -12.2. The van der Waals surface area contributed by atoms with Crippen molar-refractivity contribution in [2.75, 3.05) is 21.4 Å². The summed E-state index contributed by atoms with van der Waals surface area (Å²) in [6.45, 7) is 1.77. The number of ether oxygens (including phenoxy) is 1. The van der Waals surface area contributed by atoms with E-state index in [4.69, 9.17) is 9.88 Å². The number of primary sulfonamides is 1. The van der Waals surface area contributed by atoms with Gasteiger partial charge in [-0.05, 0) is 49.4 Å². The van der Waals surface area contributed by atoms with Crippen LogP contribution in [0.4, 0.5) is 11.4 Å². The molecule has 168 valence electrons. The van der Waals surface area contributed by atoms with Crippen molar-refractivity contribution in [3.8, 4) is 5.75 Å². The van der Waals surface area contributed by atoms with Crippen LogP contribution in [0.15, 0.2) is 52.3 Å². The Balaban J connectivity index is 2.03. The zero-order chi connectivity index (χ0) is 23.0. The summed E-state index contributed by atoms with van der Waals surface area (Å²) >= 11 is 0. The van der Waals surface area contributed by atoms with Crippen LogP contribution >= 0.6 is 0 Å². The van der Waals surface area contributed by atoms with Gasteiger partial charge in [0.1, 0.15) is 10.6 Å². The van der Waals surface area contributed by atoms with Crippen LogP contribution in [0, 0.1) is 0 Å². The molecular formula is C17H19N3O8S3. The lowest BCUT2D eigenvalue weighted by Crippen LogP contribution is -2.29. The molecule has 1 amide bonds. The molecule has 1 saturated heterocycles. The fraction of sp³-hybridized carbons (Fsp3) is 0.235. The highest BCUT2D eigenvalue weighted by Crippen LogP contribution is 2.33. The Morgan fingerprint density at radius 3 is 2.26 bits per heavy atom. The molecule has 0 spiro atoms. The summed E-state index contributed by atoms with van der Waals surface area (Å²) in [6.07, 6.45) is -0.202. The minimum Gasteiger partial charge on any atom is -0.492 e. The van der Waals surface area contributed by atoms with Crippen molar-refractivity contribution in [1.82, 2.24) is 0 Å². The van der Waals surface area contributed by atoms with E-state index in [1.807, 2.05) is 0 Å². The van der Waals surface area contributed by atoms with Crippen molar-refractivity contribution in [2.24, 2.45) is 5.14 Å². The molecule has 0 unspecified atom stereocenters. The zero-order valence-electron chi connectivity index (χ0n) is 16.2. The Morgan fingerprint density at radius 2 is 1.74 bits per heavy atom. The number of amides is 1. The predicted octanol–water partition coefficient (Wildman–Crippen LogP) is 0.600. The van der Waals surface area contributed by atoms with Crippen LogP contribution in [0.1, 0.15) is 13.3 Å². The topological polar surface area (TPSA) is 170 Å². The lowest BCUT2D eigenvalue weighted by Gasteiger charge is -2.18. The summed E-state index contributed by atoms with van der Waals surface area (Å²) in [5.41, 5.74) is -0.0963. The Kier molecular flexibility index (Phi) is 6.01. The maximum absolute atomic E-state index is 13.0. The molecule has 1 heterocycles. The number of hydrogen-bond acceptors (Lipinski definition) is 8. The SMILES string of the molecule is CCOc1ccc(N2C(=O)CCS2(=O)=O)cc1S(=O)(=O)Nc1ccc(S(N)(=O)=O)cc1. The summed E-state index contributed by atoms with van der Waals surface area (Å²) in [5.74, 6) is -1.08. The van der Waals surface area contributed by atoms with E-state index in [0.29, 0.717) is 4.31 Å². The minimum atomic E-state index is -4.31. The number of benzene rings is 2. The number of nitrogens with one attached hydrogen (secondary N) is 1. The highest BCUT2D eigenvalue weighted by atomic mass is 32.2. The van der Waals surface area contributed by atoms with Crippen molar-refractivity contribution in [1.29, 1.82) is 0 Å². The molecule has 11 nitrogen and oxygen atoms in total. The van der Waals surface area contributed by atoms with E-state index in [1.54, 1.807) is 6.92 Å². The van der Waals surface area contributed by atoms with Gasteiger partial charge in [-0.15, -0.1) is 0 Å². The molecule has 14 heteroatoms. The maximum atomic E-state index is 13.0. The molecule has 0 aliphatic carbocycles. The van der Waals surface area contributed by atoms with E-state index in [1.165, 1.54) is 24.3 Å². The van der Waals surface area contributed by atoms with Gasteiger partial charge in [-0.1, -0.05) is 0 Å². The summed E-state index contributed by atoms with van der Waals surface area (Å²) in [5, 5.41) is 5.02. The van der Waals surface area contributed by atoms with Gasteiger partial charge in [-0.25, -0.2) is 34.7 Å². The number of anilines is 2. The van der Waals surface area contributed by atoms with Crippen LogP contribution < -0.4 is 18.9 Å². The third kappa shape index (κ3) is 4.81. The summed E-state index contributed by atoms with van der Waals surface area (Å²) in [6, 6.07) is 8.24. The second kappa shape index (κ2) is 8.11. The molecule has 31 heavy (non-hydrogen) atoms. The van der Waals surface area contributed by atoms with Crippen molar-refractivity contribution >= 4 is 47.4 Å². The van der Waals surface area contributed by atoms with Gasteiger partial charge in [-0.3, -0.25) is 9.52 Å². The molecule has 0 atom stereocenters. The van der Waals surface area contributed by atoms with Crippen LogP contribution in [0.3, 0.4) is 0 Å². The highest BCUT2D eigenvalue weighted by molar-refractivity contribution is 7.94. The lowest BCUT2D eigenvalue weighted by molar-refractivity contribution is -0.116. The number of carbonyl (C=O) groups excluding carboxylic acids is 1. The minimum absolute atomic E-state index is 0.0325. The van der Waals surface area contributed by atoms with Gasteiger partial charge >= 0.3 is 0 Å². The smallest absolute Gasteiger partial charge is 0.265 e. The average Bonchev–Trinajstić information content (AvgIpc) is 2.94. The third-order valence-electron chi connectivity index (χ3n) is 4.26. The molecule has 1 fully saturated rings. The average molecular weight is 490 g/mol. The normalized spacial score (nSPS) is 16.3. The van der Waals surface area contributed by atoms with Gasteiger partial charge in [0.25, 0.3) is 10.0 Å². The second-order valence-corrected chi connectivity index (χ2v) is 11.6. The van der Waals surface area contributed by atoms with E-state index in [2.05, 4.69) is 4.72 Å². The molecule has 2 aromatic carbocycles. The second-order valence-electron chi connectivity index (χ2n) is 6.46. The monoisotopic (exact) mass is 489 g/mol. The van der Waals surface area contributed by atoms with Crippen LogP contribution in [0.5, 0.6) is 5.75 Å². The molecule has 0 aromatic heterocycles. The van der Waals surface area contributed by atoms with Gasteiger partial charge in [0.2, 0.25) is 26.0 Å². The van der Waals surface area contributed by atoms with Crippen LogP contribution in [-0.4, -0.2) is 43.5 Å². The fourth-order valence-electron chi connectivity index (χ4n) is 2.90. The molecule has 0 bridgehead atoms. The van der Waals surface area contributed by atoms with Gasteiger partial charge in [0, 0.05) is 12.1 Å². The summed E-state index contributed by atoms with van der Waals surface area (Å²) < 4.78 is 81.3. The number of rotatable bonds is 7. The van der Waals surface area contributed by atoms with E-state index in [9.17, 15) is 30.0 Å². The molecule has 3 N–H and O–H groups in total. The molecule has 0 radical (unpaired) electrons. The summed E-state index contributed by atoms with van der Waals surface area (Å²) in [4.78, 5) is 11.5. The van der Waals surface area contributed by atoms with Gasteiger partial charge in [-0.2, -0.15) is 0 Å². The Morgan fingerprint density at radius 1 is 1.10 bits per heavy atom. The molecule has 1 aliphatic rings. The Hall–Kier alpha value is -2.68. The Bertz CT molecular complexity index is 1340. The van der Waals surface area contributed by atoms with Gasteiger partial charge in [0.05, 0.1) is 22.9 Å². The number of sulfonamides is 3. The largest absolute Gasteiger partial charge is 0.492 e. The van der Waals surface area contributed by atoms with Crippen molar-refractivity contribution in [2.45, 2.75) is 23.1 Å². The van der Waals surface area contributed by atoms with Gasteiger partial charge < -0.3 is 4.74 Å². The van der Waals surface area contributed by atoms with Crippen molar-refractivity contribution < 1.29 is 34.8 Å². The first-order chi connectivity index (χ1) is 14.3. The van der Waals surface area contributed by atoms with Crippen molar-refractivity contribution in [3.63, 3.8) is 0 Å². The highest BCUT2D eigenvalue weighted by Gasteiger charge is 2.37. The first-order valence-electron chi connectivity index (χ1n) is 8.83. The molecule has 0 saturated carbocycles. The molecule has 3 rings (SSSR count). The maximum Gasteiger partial charge on any atom is 0.265 e. The Labute approximate surface area is 180 Å². The molecular weight excluding hydrogens is 470 g/mol. The predicted molar refractivity (Wildman–Crippen MR) is 112 cm³/mol. The van der Waals surface area contributed by atoms with Crippen LogP contribution in [0.2, 0.25) is 0 Å². The van der Waals surface area contributed by atoms with E-state index in [-0.39, 0.29) is 40.8 Å². The van der Waals surface area contributed by atoms with Crippen LogP contribution in [-0.2, 0) is 34.9 Å². The van der Waals surface area contributed by atoms with Gasteiger partial charge in [0.15, 0.2) is 0 Å². The number of carbonyl (C=O) groups is 1. The van der Waals surface area contributed by atoms with E-state index < -0.39 is 40.9 Å². The van der Waals surface area contributed by atoms with Crippen LogP contribution in [0.25, 0.3) is 0 Å². The zero-order valence-corrected chi connectivity index (χ0v) is 18.6. The molecule has 1 aliphatic heterocycles. The quantitative estimate of drug-likeness (QED) is 0.569. The first kappa shape index (κ1) is 23.0. The third-order valence-corrected chi connectivity index (χ3v) is 8.29. The lowest BCUT2D eigenvalue weighted by atomic mass is 10.3. The first-order valence-corrected chi connectivity index (χ1v) is 13.5. The molecule has 2 aromatic rings. The number of hydrogen-bond donors (Lipinski definition) is 2. The van der Waals surface area contributed by atoms with Crippen molar-refractivity contribution in [3.05, 3.63) is 42.5 Å².